The molecule has 2 rings (SSSR count). The van der Waals surface area contributed by atoms with E-state index in [1.807, 2.05) is 38.2 Å². The van der Waals surface area contributed by atoms with E-state index in [9.17, 15) is 0 Å². The molecule has 0 heterocycles. The number of ether oxygens (including phenoxy) is 1. The molecule has 0 aliphatic carbocycles. The summed E-state index contributed by atoms with van der Waals surface area (Å²) in [5, 5.41) is 0. The fourth-order valence-corrected chi connectivity index (χ4v) is 3.05. The van der Waals surface area contributed by atoms with Gasteiger partial charge in [-0.2, -0.15) is 0 Å². The first-order valence-electron chi connectivity index (χ1n) is 6.93. The van der Waals surface area contributed by atoms with Crippen LogP contribution in [0.5, 0.6) is 5.75 Å². The molecule has 2 N–H and O–H groups in total. The number of anilines is 2. The van der Waals surface area contributed by atoms with Gasteiger partial charge in [-0.15, -0.1) is 0 Å². The van der Waals surface area contributed by atoms with Crippen molar-refractivity contribution in [2.75, 3.05) is 19.1 Å². The Hall–Kier alpha value is -1.52. The Bertz CT molecular complexity index is 613. The maximum atomic E-state index is 5.86. The van der Waals surface area contributed by atoms with Gasteiger partial charge in [-0.05, 0) is 59.1 Å². The fraction of sp³-hybridized carbons (Fsp3) is 0.294. The van der Waals surface area contributed by atoms with Crippen LogP contribution in [0.4, 0.5) is 11.4 Å². The van der Waals surface area contributed by atoms with Crippen LogP contribution in [0.25, 0.3) is 0 Å². The van der Waals surface area contributed by atoms with Gasteiger partial charge in [-0.1, -0.05) is 18.2 Å². The van der Waals surface area contributed by atoms with Crippen LogP contribution in [0.3, 0.4) is 0 Å². The quantitative estimate of drug-likeness (QED) is 0.883. The Morgan fingerprint density at radius 2 is 1.90 bits per heavy atom. The summed E-state index contributed by atoms with van der Waals surface area (Å²) >= 11 is 3.66. The molecule has 0 aliphatic heterocycles. The number of nitrogens with zero attached hydrogens (tertiary/aromatic N) is 1. The van der Waals surface area contributed by atoms with Crippen molar-refractivity contribution in [3.63, 3.8) is 0 Å². The second-order valence-corrected chi connectivity index (χ2v) is 6.05. The average Bonchev–Trinajstić information content (AvgIpc) is 2.46. The lowest BCUT2D eigenvalue weighted by atomic mass is 10.1. The van der Waals surface area contributed by atoms with E-state index in [0.29, 0.717) is 0 Å². The number of nitrogens with two attached hydrogens (primary N) is 1. The van der Waals surface area contributed by atoms with Crippen LogP contribution in [0.15, 0.2) is 46.9 Å². The van der Waals surface area contributed by atoms with Gasteiger partial charge in [0.05, 0.1) is 18.5 Å². The first-order valence-corrected chi connectivity index (χ1v) is 7.73. The van der Waals surface area contributed by atoms with Crippen molar-refractivity contribution < 1.29 is 4.74 Å². The molecule has 0 spiro atoms. The normalized spacial score (nSPS) is 12.0. The predicted octanol–water partition coefficient (Wildman–Crippen LogP) is 4.12. The molecule has 21 heavy (non-hydrogen) atoms. The summed E-state index contributed by atoms with van der Waals surface area (Å²) in [5.41, 5.74) is 9.21. The highest BCUT2D eigenvalue weighted by atomic mass is 79.9. The maximum Gasteiger partial charge on any atom is 0.142 e. The number of para-hydroxylation sites is 2. The van der Waals surface area contributed by atoms with Gasteiger partial charge in [0.2, 0.25) is 0 Å². The third-order valence-corrected chi connectivity index (χ3v) is 4.01. The molecule has 1 unspecified atom stereocenters. The minimum absolute atomic E-state index is 0.162. The molecular formula is C17H21BrN2O. The Labute approximate surface area is 134 Å². The zero-order chi connectivity index (χ0) is 15.4. The zero-order valence-electron chi connectivity index (χ0n) is 12.6. The molecule has 0 saturated carbocycles. The van der Waals surface area contributed by atoms with Crippen molar-refractivity contribution in [2.24, 2.45) is 5.73 Å². The minimum Gasteiger partial charge on any atom is -0.495 e. The van der Waals surface area contributed by atoms with E-state index in [4.69, 9.17) is 10.5 Å². The summed E-state index contributed by atoms with van der Waals surface area (Å²) in [6.45, 7) is 2.02. The van der Waals surface area contributed by atoms with E-state index >= 15 is 0 Å². The lowest BCUT2D eigenvalue weighted by Crippen LogP contribution is -2.18. The van der Waals surface area contributed by atoms with Crippen molar-refractivity contribution >= 4 is 27.3 Å². The van der Waals surface area contributed by atoms with Crippen LogP contribution in [0.1, 0.15) is 12.5 Å². The standard InChI is InChI=1S/C17H21BrN2O/c1-12(19)10-13-8-9-15(14(18)11-13)20(2)16-6-4-5-7-17(16)21-3/h4-9,11-12H,10,19H2,1-3H3. The van der Waals surface area contributed by atoms with E-state index < -0.39 is 0 Å². The summed E-state index contributed by atoms with van der Waals surface area (Å²) in [4.78, 5) is 2.11. The third-order valence-electron chi connectivity index (χ3n) is 3.38. The highest BCUT2D eigenvalue weighted by molar-refractivity contribution is 9.10. The van der Waals surface area contributed by atoms with Crippen LogP contribution in [0, 0.1) is 0 Å². The predicted molar refractivity (Wildman–Crippen MR) is 92.6 cm³/mol. The lowest BCUT2D eigenvalue weighted by Gasteiger charge is -2.23. The van der Waals surface area contributed by atoms with Gasteiger partial charge >= 0.3 is 0 Å². The molecule has 2 aromatic carbocycles. The molecule has 0 radical (unpaired) electrons. The van der Waals surface area contributed by atoms with Gasteiger partial charge in [0, 0.05) is 17.6 Å². The van der Waals surface area contributed by atoms with Crippen LogP contribution in [0.2, 0.25) is 0 Å². The highest BCUT2D eigenvalue weighted by Crippen LogP contribution is 2.36. The summed E-state index contributed by atoms with van der Waals surface area (Å²) in [5.74, 6) is 0.853. The molecule has 0 aromatic heterocycles. The number of hydrogen-bond acceptors (Lipinski definition) is 3. The first kappa shape index (κ1) is 15.9. The zero-order valence-corrected chi connectivity index (χ0v) is 14.2. The Kier molecular flexibility index (Phi) is 5.26. The SMILES string of the molecule is COc1ccccc1N(C)c1ccc(CC(C)N)cc1Br. The van der Waals surface area contributed by atoms with E-state index in [1.165, 1.54) is 5.56 Å². The topological polar surface area (TPSA) is 38.5 Å². The monoisotopic (exact) mass is 348 g/mol. The molecule has 112 valence electrons. The van der Waals surface area contributed by atoms with Crippen molar-refractivity contribution in [1.29, 1.82) is 0 Å². The molecule has 0 fully saturated rings. The highest BCUT2D eigenvalue weighted by Gasteiger charge is 2.12. The Balaban J connectivity index is 2.33. The Morgan fingerprint density at radius 3 is 2.52 bits per heavy atom. The molecule has 3 nitrogen and oxygen atoms in total. The van der Waals surface area contributed by atoms with Gasteiger partial charge < -0.3 is 15.4 Å². The number of hydrogen-bond donors (Lipinski definition) is 1. The van der Waals surface area contributed by atoms with Crippen LogP contribution in [-0.4, -0.2) is 20.2 Å². The molecule has 0 aliphatic rings. The average molecular weight is 349 g/mol. The lowest BCUT2D eigenvalue weighted by molar-refractivity contribution is 0.415. The molecule has 2 aromatic rings. The van der Waals surface area contributed by atoms with E-state index in [1.54, 1.807) is 7.11 Å². The first-order chi connectivity index (χ1) is 10.0. The number of benzene rings is 2. The molecular weight excluding hydrogens is 328 g/mol. The molecule has 1 atom stereocenters. The van der Waals surface area contributed by atoms with E-state index in [0.717, 1.165) is 28.0 Å². The number of rotatable bonds is 5. The maximum absolute atomic E-state index is 5.86. The number of halogens is 1. The smallest absolute Gasteiger partial charge is 0.142 e. The van der Waals surface area contributed by atoms with Crippen molar-refractivity contribution in [3.05, 3.63) is 52.5 Å². The van der Waals surface area contributed by atoms with Crippen molar-refractivity contribution in [3.8, 4) is 5.75 Å². The Morgan fingerprint density at radius 1 is 1.19 bits per heavy atom. The fourth-order valence-electron chi connectivity index (χ4n) is 2.36. The van der Waals surface area contributed by atoms with Crippen molar-refractivity contribution in [2.45, 2.75) is 19.4 Å². The molecule has 0 amide bonds. The van der Waals surface area contributed by atoms with E-state index in [-0.39, 0.29) is 6.04 Å². The largest absolute Gasteiger partial charge is 0.495 e. The third kappa shape index (κ3) is 3.77. The summed E-state index contributed by atoms with van der Waals surface area (Å²) < 4.78 is 6.48. The summed E-state index contributed by atoms with van der Waals surface area (Å²) in [6, 6.07) is 14.5. The van der Waals surface area contributed by atoms with Gasteiger partial charge in [-0.3, -0.25) is 0 Å². The summed E-state index contributed by atoms with van der Waals surface area (Å²) in [6.07, 6.45) is 0.872. The van der Waals surface area contributed by atoms with Crippen molar-refractivity contribution in [1.82, 2.24) is 0 Å². The molecule has 0 saturated heterocycles. The van der Waals surface area contributed by atoms with Gasteiger partial charge in [0.1, 0.15) is 5.75 Å². The van der Waals surface area contributed by atoms with Gasteiger partial charge in [0.25, 0.3) is 0 Å². The van der Waals surface area contributed by atoms with Crippen LogP contribution >= 0.6 is 15.9 Å². The second kappa shape index (κ2) is 6.96. The van der Waals surface area contributed by atoms with Gasteiger partial charge in [-0.25, -0.2) is 0 Å². The second-order valence-electron chi connectivity index (χ2n) is 5.20. The van der Waals surface area contributed by atoms with Gasteiger partial charge in [0.15, 0.2) is 0 Å². The number of methoxy groups -OCH3 is 1. The molecule has 4 heteroatoms. The van der Waals surface area contributed by atoms with Crippen LogP contribution in [-0.2, 0) is 6.42 Å². The van der Waals surface area contributed by atoms with E-state index in [2.05, 4.69) is 39.0 Å². The summed E-state index contributed by atoms with van der Waals surface area (Å²) in [7, 11) is 3.72. The minimum atomic E-state index is 0.162. The van der Waals surface area contributed by atoms with Crippen LogP contribution < -0.4 is 15.4 Å². The molecule has 0 bridgehead atoms.